The van der Waals surface area contributed by atoms with E-state index in [0.717, 1.165) is 4.90 Å². The van der Waals surface area contributed by atoms with Gasteiger partial charge in [0.25, 0.3) is 0 Å². The fourth-order valence-electron chi connectivity index (χ4n) is 3.35. The molecule has 0 aromatic rings. The van der Waals surface area contributed by atoms with Crippen LogP contribution in [-0.4, -0.2) is 62.8 Å². The zero-order valence-corrected chi connectivity index (χ0v) is 14.7. The zero-order valence-electron chi connectivity index (χ0n) is 14.7. The van der Waals surface area contributed by atoms with Crippen LogP contribution in [0.5, 0.6) is 0 Å². The second kappa shape index (κ2) is 8.43. The first-order valence-corrected chi connectivity index (χ1v) is 8.41. The summed E-state index contributed by atoms with van der Waals surface area (Å²) in [5, 5.41) is 20.1. The van der Waals surface area contributed by atoms with Crippen LogP contribution in [0.4, 0.5) is 0 Å². The molecule has 1 aliphatic rings. The molecule has 0 aliphatic carbocycles. The molecule has 24 heavy (non-hydrogen) atoms. The van der Waals surface area contributed by atoms with E-state index in [1.165, 1.54) is 0 Å². The highest BCUT2D eigenvalue weighted by atomic mass is 16.4. The Morgan fingerprint density at radius 2 is 2.00 bits per heavy atom. The van der Waals surface area contributed by atoms with Crippen LogP contribution in [0.1, 0.15) is 52.9 Å². The Morgan fingerprint density at radius 1 is 1.38 bits per heavy atom. The molecule has 1 saturated heterocycles. The molecule has 2 amide bonds. The molecule has 138 valence electrons. The van der Waals surface area contributed by atoms with Crippen LogP contribution in [-0.2, 0) is 14.4 Å². The molecule has 1 aliphatic heterocycles. The van der Waals surface area contributed by atoms with Gasteiger partial charge in [0.05, 0.1) is 6.54 Å². The van der Waals surface area contributed by atoms with Gasteiger partial charge in [-0.05, 0) is 18.8 Å². The molecule has 8 nitrogen and oxygen atoms in total. The predicted molar refractivity (Wildman–Crippen MR) is 87.6 cm³/mol. The van der Waals surface area contributed by atoms with Crippen molar-refractivity contribution >= 4 is 17.8 Å². The maximum atomic E-state index is 12.3. The van der Waals surface area contributed by atoms with Crippen molar-refractivity contribution in [3.05, 3.63) is 0 Å². The second-order valence-electron chi connectivity index (χ2n) is 6.81. The van der Waals surface area contributed by atoms with Gasteiger partial charge in [-0.1, -0.05) is 27.2 Å². The smallest absolute Gasteiger partial charge is 0.303 e. The van der Waals surface area contributed by atoms with E-state index in [9.17, 15) is 19.5 Å². The zero-order chi connectivity index (χ0) is 18.5. The minimum atomic E-state index is -1.60. The van der Waals surface area contributed by atoms with Crippen molar-refractivity contribution in [1.82, 2.24) is 9.80 Å². The molecule has 8 heteroatoms. The molecule has 4 N–H and O–H groups in total. The van der Waals surface area contributed by atoms with Crippen LogP contribution in [0.2, 0.25) is 0 Å². The van der Waals surface area contributed by atoms with Crippen LogP contribution in [0, 0.1) is 5.92 Å². The molecule has 0 aromatic heterocycles. The molecule has 2 unspecified atom stereocenters. The van der Waals surface area contributed by atoms with Crippen molar-refractivity contribution in [2.45, 2.75) is 64.8 Å². The van der Waals surface area contributed by atoms with Crippen LogP contribution in [0.25, 0.3) is 0 Å². The minimum absolute atomic E-state index is 0.0409. The van der Waals surface area contributed by atoms with E-state index >= 15 is 0 Å². The van der Waals surface area contributed by atoms with Gasteiger partial charge >= 0.3 is 5.97 Å². The highest BCUT2D eigenvalue weighted by Crippen LogP contribution is 2.34. The third-order valence-corrected chi connectivity index (χ3v) is 4.27. The Labute approximate surface area is 142 Å². The molecule has 0 bridgehead atoms. The molecule has 1 heterocycles. The van der Waals surface area contributed by atoms with Gasteiger partial charge in [0.2, 0.25) is 17.7 Å². The summed E-state index contributed by atoms with van der Waals surface area (Å²) in [6, 6.07) is -0.264. The number of rotatable bonds is 10. The number of aliphatic hydroxyl groups is 1. The first-order chi connectivity index (χ1) is 11.1. The van der Waals surface area contributed by atoms with E-state index in [0.29, 0.717) is 19.3 Å². The number of nitrogens with zero attached hydrogens (tertiary/aromatic N) is 2. The molecule has 0 aromatic carbocycles. The Kier molecular flexibility index (Phi) is 7.16. The largest absolute Gasteiger partial charge is 0.481 e. The predicted octanol–water partition coefficient (Wildman–Crippen LogP) is 0.342. The van der Waals surface area contributed by atoms with Crippen molar-refractivity contribution in [2.24, 2.45) is 11.7 Å². The van der Waals surface area contributed by atoms with Crippen LogP contribution in [0.3, 0.4) is 0 Å². The lowest BCUT2D eigenvalue weighted by Gasteiger charge is -2.42. The molecule has 1 rings (SSSR count). The Morgan fingerprint density at radius 3 is 2.46 bits per heavy atom. The Hall–Kier alpha value is -1.67. The van der Waals surface area contributed by atoms with Gasteiger partial charge in [-0.25, -0.2) is 4.90 Å². The second-order valence-corrected chi connectivity index (χ2v) is 6.81. The van der Waals surface area contributed by atoms with Crippen LogP contribution >= 0.6 is 0 Å². The maximum Gasteiger partial charge on any atom is 0.303 e. The first-order valence-electron chi connectivity index (χ1n) is 8.41. The topological polar surface area (TPSA) is 124 Å². The van der Waals surface area contributed by atoms with E-state index in [-0.39, 0.29) is 43.8 Å². The third kappa shape index (κ3) is 4.91. The summed E-state index contributed by atoms with van der Waals surface area (Å²) in [4.78, 5) is 37.3. The SMILES string of the molecule is CCCC1(O)N(CC(N)=O)C(=O)CN1C(CCC(=O)O)CC(C)C. The summed E-state index contributed by atoms with van der Waals surface area (Å²) in [6.45, 7) is 5.49. The van der Waals surface area contributed by atoms with Gasteiger partial charge in [0.1, 0.15) is 6.54 Å². The van der Waals surface area contributed by atoms with E-state index in [1.807, 2.05) is 20.8 Å². The lowest BCUT2D eigenvalue weighted by Crippen LogP contribution is -2.58. The lowest BCUT2D eigenvalue weighted by atomic mass is 9.97. The summed E-state index contributed by atoms with van der Waals surface area (Å²) in [5.41, 5.74) is 5.21. The van der Waals surface area contributed by atoms with Crippen LogP contribution < -0.4 is 5.73 Å². The monoisotopic (exact) mass is 343 g/mol. The molecular formula is C16H29N3O5. The average molecular weight is 343 g/mol. The number of carbonyl (C=O) groups is 3. The number of amides is 2. The summed E-state index contributed by atoms with van der Waals surface area (Å²) in [5.74, 6) is -3.30. The maximum absolute atomic E-state index is 12.3. The van der Waals surface area contributed by atoms with Gasteiger partial charge in [0.15, 0.2) is 0 Å². The molecule has 2 atom stereocenters. The molecule has 0 saturated carbocycles. The summed E-state index contributed by atoms with van der Waals surface area (Å²) < 4.78 is 0. The highest BCUT2D eigenvalue weighted by Gasteiger charge is 2.52. The average Bonchev–Trinajstić information content (AvgIpc) is 2.67. The number of carbonyl (C=O) groups excluding carboxylic acids is 2. The minimum Gasteiger partial charge on any atom is -0.481 e. The molecule has 0 radical (unpaired) electrons. The van der Waals surface area contributed by atoms with Gasteiger partial charge < -0.3 is 15.9 Å². The number of hydrogen-bond acceptors (Lipinski definition) is 5. The van der Waals surface area contributed by atoms with E-state index in [1.54, 1.807) is 4.90 Å². The van der Waals surface area contributed by atoms with Gasteiger partial charge in [0, 0.05) is 18.9 Å². The fraction of sp³-hybridized carbons (Fsp3) is 0.812. The quantitative estimate of drug-likeness (QED) is 0.525. The van der Waals surface area contributed by atoms with E-state index in [2.05, 4.69) is 0 Å². The number of aliphatic carboxylic acids is 1. The fourth-order valence-corrected chi connectivity index (χ4v) is 3.35. The Bertz CT molecular complexity index is 482. The van der Waals surface area contributed by atoms with Crippen molar-refractivity contribution in [1.29, 1.82) is 0 Å². The van der Waals surface area contributed by atoms with E-state index < -0.39 is 17.7 Å². The third-order valence-electron chi connectivity index (χ3n) is 4.27. The summed E-state index contributed by atoms with van der Waals surface area (Å²) >= 11 is 0. The van der Waals surface area contributed by atoms with Crippen molar-refractivity contribution in [3.8, 4) is 0 Å². The van der Waals surface area contributed by atoms with Gasteiger partial charge in [-0.3, -0.25) is 19.3 Å². The summed E-state index contributed by atoms with van der Waals surface area (Å²) in [6.07, 6.45) is 1.81. The number of nitrogens with two attached hydrogens (primary N) is 1. The lowest BCUT2D eigenvalue weighted by molar-refractivity contribution is -0.196. The number of primary amides is 1. The number of carboxylic acid groups (broad SMARTS) is 1. The first kappa shape index (κ1) is 20.4. The van der Waals surface area contributed by atoms with Gasteiger partial charge in [-0.2, -0.15) is 0 Å². The molecular weight excluding hydrogens is 314 g/mol. The van der Waals surface area contributed by atoms with Gasteiger partial charge in [-0.15, -0.1) is 0 Å². The molecule has 1 fully saturated rings. The van der Waals surface area contributed by atoms with E-state index in [4.69, 9.17) is 10.8 Å². The normalized spacial score (nSPS) is 23.0. The van der Waals surface area contributed by atoms with Crippen LogP contribution in [0.15, 0.2) is 0 Å². The number of carboxylic acids is 1. The van der Waals surface area contributed by atoms with Crippen molar-refractivity contribution < 1.29 is 24.6 Å². The molecule has 0 spiro atoms. The van der Waals surface area contributed by atoms with Crippen molar-refractivity contribution in [3.63, 3.8) is 0 Å². The standard InChI is InChI=1S/C16H29N3O5/c1-4-7-16(24)18(10-14(21)19(16)9-13(17)20)12(8-11(2)3)5-6-15(22)23/h11-12,24H,4-10H2,1-3H3,(H2,17,20)(H,22,23). The Balaban J connectivity index is 3.11. The summed E-state index contributed by atoms with van der Waals surface area (Å²) in [7, 11) is 0. The highest BCUT2D eigenvalue weighted by molar-refractivity contribution is 5.87. The van der Waals surface area contributed by atoms with Crippen molar-refractivity contribution in [2.75, 3.05) is 13.1 Å². The number of hydrogen-bond donors (Lipinski definition) is 3.